The van der Waals surface area contributed by atoms with Gasteiger partial charge in [-0.2, -0.15) is 24.9 Å². The first-order chi connectivity index (χ1) is 19.1. The first-order valence-corrected chi connectivity index (χ1v) is 14.8. The third-order valence-corrected chi connectivity index (χ3v) is 9.01. The molecule has 3 saturated heterocycles. The van der Waals surface area contributed by atoms with E-state index in [2.05, 4.69) is 37.0 Å². The van der Waals surface area contributed by atoms with E-state index in [9.17, 15) is 27.6 Å². The molecular formula is C26H38F3N7O3S. The average molecular weight is 586 g/mol. The fourth-order valence-corrected chi connectivity index (χ4v) is 6.63. The Bertz CT molecular complexity index is 1040. The molecule has 0 aliphatic carbocycles. The number of hydrazine groups is 1. The van der Waals surface area contributed by atoms with Gasteiger partial charge in [-0.05, 0) is 63.5 Å². The van der Waals surface area contributed by atoms with Crippen LogP contribution >= 0.6 is 11.8 Å². The number of amides is 4. The number of benzene rings is 1. The second kappa shape index (κ2) is 13.4. The summed E-state index contributed by atoms with van der Waals surface area (Å²) in [5, 5.41) is 12.1. The number of halogens is 3. The molecule has 3 heterocycles. The minimum absolute atomic E-state index is 0.00471. The molecule has 0 saturated carbocycles. The maximum Gasteiger partial charge on any atom is 0.426 e. The molecular weight excluding hydrogens is 547 g/mol. The van der Waals surface area contributed by atoms with Crippen molar-refractivity contribution in [1.82, 2.24) is 37.0 Å². The highest BCUT2D eigenvalue weighted by Crippen LogP contribution is 2.42. The molecule has 1 aromatic rings. The molecule has 1 aromatic carbocycles. The molecule has 3 aliphatic rings. The van der Waals surface area contributed by atoms with Gasteiger partial charge in [0.1, 0.15) is 0 Å². The zero-order valence-electron chi connectivity index (χ0n) is 22.5. The highest BCUT2D eigenvalue weighted by Gasteiger charge is 2.65. The summed E-state index contributed by atoms with van der Waals surface area (Å²) in [6, 6.07) is 5.72. The molecule has 0 unspecified atom stereocenters. The van der Waals surface area contributed by atoms with Crippen molar-refractivity contribution in [3.63, 3.8) is 0 Å². The van der Waals surface area contributed by atoms with E-state index in [1.54, 1.807) is 0 Å². The van der Waals surface area contributed by atoms with E-state index in [1.165, 1.54) is 24.3 Å². The van der Waals surface area contributed by atoms with Gasteiger partial charge < -0.3 is 26.2 Å². The van der Waals surface area contributed by atoms with E-state index >= 15 is 0 Å². The molecule has 40 heavy (non-hydrogen) atoms. The summed E-state index contributed by atoms with van der Waals surface area (Å²) in [7, 11) is 1.98. The molecule has 0 spiro atoms. The second-order valence-electron chi connectivity index (χ2n) is 10.6. The van der Waals surface area contributed by atoms with E-state index in [-0.39, 0.29) is 35.5 Å². The summed E-state index contributed by atoms with van der Waals surface area (Å²) in [6.07, 6.45) is 0.352. The third kappa shape index (κ3) is 7.80. The van der Waals surface area contributed by atoms with Gasteiger partial charge in [-0.3, -0.25) is 9.59 Å². The van der Waals surface area contributed by atoms with Crippen LogP contribution in [0, 0.1) is 0 Å². The Morgan fingerprint density at radius 3 is 2.35 bits per heavy atom. The first kappa shape index (κ1) is 30.4. The quantitative estimate of drug-likeness (QED) is 0.105. The Morgan fingerprint density at radius 1 is 1.02 bits per heavy atom. The van der Waals surface area contributed by atoms with Gasteiger partial charge in [0, 0.05) is 36.1 Å². The van der Waals surface area contributed by atoms with Crippen molar-refractivity contribution < 1.29 is 27.6 Å². The lowest BCUT2D eigenvalue weighted by atomic mass is 10.0. The Morgan fingerprint density at radius 2 is 1.70 bits per heavy atom. The van der Waals surface area contributed by atoms with E-state index in [1.807, 2.05) is 18.8 Å². The van der Waals surface area contributed by atoms with Crippen molar-refractivity contribution in [2.45, 2.75) is 67.7 Å². The van der Waals surface area contributed by atoms with Gasteiger partial charge in [0.25, 0.3) is 5.91 Å². The Labute approximate surface area is 236 Å². The number of hydrogen-bond donors (Lipinski definition) is 6. The highest BCUT2D eigenvalue weighted by molar-refractivity contribution is 8.00. The molecule has 3 atom stereocenters. The van der Waals surface area contributed by atoms with Crippen LogP contribution in [-0.2, 0) is 10.5 Å². The smallest absolute Gasteiger partial charge is 0.356 e. The van der Waals surface area contributed by atoms with E-state index in [0.717, 1.165) is 50.9 Å². The second-order valence-corrected chi connectivity index (χ2v) is 11.8. The highest BCUT2D eigenvalue weighted by atomic mass is 32.2. The van der Waals surface area contributed by atoms with Gasteiger partial charge in [0.2, 0.25) is 11.6 Å². The van der Waals surface area contributed by atoms with Crippen molar-refractivity contribution in [2.75, 3.05) is 39.0 Å². The van der Waals surface area contributed by atoms with Gasteiger partial charge in [-0.25, -0.2) is 15.6 Å². The van der Waals surface area contributed by atoms with Gasteiger partial charge in [0.15, 0.2) is 0 Å². The average Bonchev–Trinajstić information content (AvgIpc) is 3.56. The predicted molar refractivity (Wildman–Crippen MR) is 146 cm³/mol. The van der Waals surface area contributed by atoms with Crippen molar-refractivity contribution in [3.8, 4) is 0 Å². The molecule has 6 N–H and O–H groups in total. The molecule has 0 bridgehead atoms. The molecule has 3 aliphatic heterocycles. The fourth-order valence-electron chi connectivity index (χ4n) is 5.09. The Balaban J connectivity index is 0.994. The van der Waals surface area contributed by atoms with Crippen LogP contribution in [0.25, 0.3) is 0 Å². The van der Waals surface area contributed by atoms with Gasteiger partial charge in [0.05, 0.1) is 12.1 Å². The standard InChI is InChI=1S/C26H38F3N7O3S/c1-36(14-4-12-30-21(37)7-3-2-6-20-22-19(16-40-20)32-24(39)33-22)15-5-13-31-23(38)17-8-10-18(11-9-17)25(34-35-25)26(27,28)29/h8-11,19-20,22,34-35H,2-7,12-16H2,1H3,(H,30,37)(H,31,38)(H2,32,33,39)/t19-,20+,22+/m1/s1. The largest absolute Gasteiger partial charge is 0.426 e. The SMILES string of the molecule is CN(CCCNC(=O)CCCC[C@@H]1SC[C@H]2NC(=O)N[C@H]12)CCCNC(=O)c1ccc(C2(C(F)(F)F)NN2)cc1. The summed E-state index contributed by atoms with van der Waals surface area (Å²) >= 11 is 1.89. The number of carbonyl (C=O) groups is 3. The molecule has 10 nitrogen and oxygen atoms in total. The third-order valence-electron chi connectivity index (χ3n) is 7.50. The summed E-state index contributed by atoms with van der Waals surface area (Å²) < 4.78 is 39.4. The Hall–Kier alpha value is -2.55. The number of alkyl halides is 3. The van der Waals surface area contributed by atoms with Crippen LogP contribution in [0.15, 0.2) is 24.3 Å². The Kier molecular flexibility index (Phi) is 10.2. The molecule has 3 fully saturated rings. The lowest BCUT2D eigenvalue weighted by Crippen LogP contribution is -2.36. The molecule has 0 aromatic heterocycles. The maximum atomic E-state index is 13.1. The summed E-state index contributed by atoms with van der Waals surface area (Å²) in [5.74, 6) is 0.674. The van der Waals surface area contributed by atoms with E-state index < -0.39 is 11.8 Å². The van der Waals surface area contributed by atoms with Crippen molar-refractivity contribution in [3.05, 3.63) is 35.4 Å². The zero-order chi connectivity index (χ0) is 28.8. The van der Waals surface area contributed by atoms with Crippen molar-refractivity contribution in [1.29, 1.82) is 0 Å². The van der Waals surface area contributed by atoms with E-state index in [0.29, 0.717) is 30.3 Å². The number of fused-ring (bicyclic) bond motifs is 1. The molecule has 4 rings (SSSR count). The number of urea groups is 1. The predicted octanol–water partition coefficient (Wildman–Crippen LogP) is 1.79. The summed E-state index contributed by atoms with van der Waals surface area (Å²) in [6.45, 7) is 2.62. The topological polar surface area (TPSA) is 146 Å². The lowest BCUT2D eigenvalue weighted by Gasteiger charge is -2.17. The van der Waals surface area contributed by atoms with Gasteiger partial charge >= 0.3 is 12.2 Å². The number of hydrogen-bond acceptors (Lipinski definition) is 7. The van der Waals surface area contributed by atoms with Crippen molar-refractivity contribution in [2.24, 2.45) is 0 Å². The van der Waals surface area contributed by atoms with Crippen LogP contribution < -0.4 is 32.1 Å². The number of thioether (sulfide) groups is 1. The lowest BCUT2D eigenvalue weighted by molar-refractivity contribution is -0.165. The van der Waals surface area contributed by atoms with Crippen LogP contribution in [0.4, 0.5) is 18.0 Å². The molecule has 0 radical (unpaired) electrons. The molecule has 4 amide bonds. The fraction of sp³-hybridized carbons (Fsp3) is 0.654. The van der Waals surface area contributed by atoms with Crippen LogP contribution in [0.1, 0.15) is 54.4 Å². The van der Waals surface area contributed by atoms with Gasteiger partial charge in [-0.1, -0.05) is 18.6 Å². The number of rotatable bonds is 15. The minimum atomic E-state index is -4.48. The van der Waals surface area contributed by atoms with Crippen LogP contribution in [0.2, 0.25) is 0 Å². The van der Waals surface area contributed by atoms with Gasteiger partial charge in [-0.15, -0.1) is 0 Å². The van der Waals surface area contributed by atoms with E-state index in [4.69, 9.17) is 0 Å². The maximum absolute atomic E-state index is 13.1. The number of nitrogens with zero attached hydrogens (tertiary/aromatic N) is 1. The normalized spacial score (nSPS) is 22.9. The molecule has 222 valence electrons. The van der Waals surface area contributed by atoms with Crippen LogP contribution in [0.3, 0.4) is 0 Å². The number of unbranched alkanes of at least 4 members (excludes halogenated alkanes) is 1. The van der Waals surface area contributed by atoms with Crippen LogP contribution in [-0.4, -0.2) is 85.2 Å². The summed E-state index contributed by atoms with van der Waals surface area (Å²) in [5.41, 5.74) is 2.36. The summed E-state index contributed by atoms with van der Waals surface area (Å²) in [4.78, 5) is 38.0. The van der Waals surface area contributed by atoms with Crippen molar-refractivity contribution >= 4 is 29.6 Å². The minimum Gasteiger partial charge on any atom is -0.356 e. The zero-order valence-corrected chi connectivity index (χ0v) is 23.4. The number of nitrogens with one attached hydrogen (secondary N) is 6. The monoisotopic (exact) mass is 585 g/mol. The van der Waals surface area contributed by atoms with Crippen LogP contribution in [0.5, 0.6) is 0 Å². The first-order valence-electron chi connectivity index (χ1n) is 13.7. The molecule has 14 heteroatoms. The number of carbonyl (C=O) groups excluding carboxylic acids is 3.